The minimum atomic E-state index is 1.07. The second-order valence-corrected chi connectivity index (χ2v) is 14.3. The van der Waals surface area contributed by atoms with Crippen LogP contribution in [-0.2, 0) is 0 Å². The zero-order valence-electron chi connectivity index (χ0n) is 27.4. The van der Waals surface area contributed by atoms with E-state index in [9.17, 15) is 0 Å². The second kappa shape index (κ2) is 27.3. The molecule has 42 heavy (non-hydrogen) atoms. The molecule has 4 heteroatoms. The number of anilines is 2. The molecule has 238 valence electrons. The lowest BCUT2D eigenvalue weighted by molar-refractivity contribution is 0.552. The third-order valence-electron chi connectivity index (χ3n) is 8.19. The van der Waals surface area contributed by atoms with Gasteiger partial charge >= 0.3 is 0 Å². The summed E-state index contributed by atoms with van der Waals surface area (Å²) >= 11 is 0. The van der Waals surface area contributed by atoms with Crippen molar-refractivity contribution in [3.05, 3.63) is 48.5 Å². The van der Waals surface area contributed by atoms with Gasteiger partial charge in [0, 0.05) is 34.3 Å². The summed E-state index contributed by atoms with van der Waals surface area (Å²) in [5.41, 5.74) is 2.54. The highest BCUT2D eigenvalue weighted by Gasteiger charge is 2.07. The fourth-order valence-electron chi connectivity index (χ4n) is 5.49. The average molecular weight is 613 g/mol. The maximum atomic E-state index is 3.72. The summed E-state index contributed by atoms with van der Waals surface area (Å²) in [5, 5.41) is 7.45. The third-order valence-corrected chi connectivity index (χ3v) is 10.7. The van der Waals surface area contributed by atoms with E-state index in [-0.39, 0.29) is 0 Å². The van der Waals surface area contributed by atoms with Gasteiger partial charge in [0.15, 0.2) is 0 Å². The molecule has 2 aromatic carbocycles. The molecular formula is C38H64N2S2. The highest BCUT2D eigenvalue weighted by atomic mass is 33.1. The predicted octanol–water partition coefficient (Wildman–Crippen LogP) is 13.9. The SMILES string of the molecule is CCCCCCCCCCCCCNc1ccccc1SSc1ccccc1NCCCCCCCCCCCCC. The Morgan fingerprint density at radius 2 is 0.667 bits per heavy atom. The van der Waals surface area contributed by atoms with Crippen LogP contribution >= 0.6 is 21.6 Å². The Morgan fingerprint density at radius 1 is 0.381 bits per heavy atom. The molecule has 0 saturated carbocycles. The van der Waals surface area contributed by atoms with E-state index in [1.54, 1.807) is 0 Å². The van der Waals surface area contributed by atoms with Crippen molar-refractivity contribution < 1.29 is 0 Å². The molecular weight excluding hydrogens is 549 g/mol. The van der Waals surface area contributed by atoms with E-state index in [1.165, 1.54) is 162 Å². The van der Waals surface area contributed by atoms with Crippen LogP contribution in [0.4, 0.5) is 11.4 Å². The van der Waals surface area contributed by atoms with Crippen LogP contribution in [0.3, 0.4) is 0 Å². The molecule has 2 rings (SSSR count). The summed E-state index contributed by atoms with van der Waals surface area (Å²) in [6, 6.07) is 17.6. The molecule has 0 unspecified atom stereocenters. The normalized spacial score (nSPS) is 11.2. The van der Waals surface area contributed by atoms with Crippen LogP contribution in [0.2, 0.25) is 0 Å². The van der Waals surface area contributed by atoms with Gasteiger partial charge < -0.3 is 10.6 Å². The van der Waals surface area contributed by atoms with Crippen molar-refractivity contribution in [1.82, 2.24) is 0 Å². The van der Waals surface area contributed by atoms with Crippen LogP contribution in [0, 0.1) is 0 Å². The van der Waals surface area contributed by atoms with Crippen molar-refractivity contribution in [2.75, 3.05) is 23.7 Å². The molecule has 0 amide bonds. The smallest absolute Gasteiger partial charge is 0.0487 e. The molecule has 0 aliphatic heterocycles. The number of benzene rings is 2. The van der Waals surface area contributed by atoms with E-state index in [0.29, 0.717) is 0 Å². The van der Waals surface area contributed by atoms with Crippen LogP contribution in [0.5, 0.6) is 0 Å². The van der Waals surface area contributed by atoms with Gasteiger partial charge in [-0.3, -0.25) is 0 Å². The minimum Gasteiger partial charge on any atom is -0.384 e. The fraction of sp³-hybridized carbons (Fsp3) is 0.684. The molecule has 0 spiro atoms. The molecule has 2 aromatic rings. The fourth-order valence-corrected chi connectivity index (χ4v) is 7.80. The predicted molar refractivity (Wildman–Crippen MR) is 194 cm³/mol. The monoisotopic (exact) mass is 612 g/mol. The van der Waals surface area contributed by atoms with Gasteiger partial charge in [0.05, 0.1) is 0 Å². The summed E-state index contributed by atoms with van der Waals surface area (Å²) < 4.78 is 0. The second-order valence-electron chi connectivity index (χ2n) is 12.1. The molecule has 0 radical (unpaired) electrons. The quantitative estimate of drug-likeness (QED) is 0.0705. The van der Waals surface area contributed by atoms with Gasteiger partial charge in [-0.15, -0.1) is 0 Å². The van der Waals surface area contributed by atoms with Crippen molar-refractivity contribution in [2.45, 2.75) is 165 Å². The number of para-hydroxylation sites is 2. The van der Waals surface area contributed by atoms with Crippen LogP contribution < -0.4 is 10.6 Å². The average Bonchev–Trinajstić information content (AvgIpc) is 3.02. The maximum absolute atomic E-state index is 3.72. The topological polar surface area (TPSA) is 24.1 Å². The van der Waals surface area contributed by atoms with Crippen molar-refractivity contribution in [3.63, 3.8) is 0 Å². The summed E-state index contributed by atoms with van der Waals surface area (Å²) in [6.45, 7) is 6.72. The first-order valence-electron chi connectivity index (χ1n) is 17.9. The standard InChI is InChI=1S/C38H64N2S2/c1-3-5-7-9-11-13-15-17-19-21-27-33-39-35-29-23-25-31-37(35)41-42-38-32-26-24-30-36(38)40-34-28-22-20-18-16-14-12-10-8-6-4-2/h23-26,29-32,39-40H,3-22,27-28,33-34H2,1-2H3. The summed E-state index contributed by atoms with van der Waals surface area (Å²) in [7, 11) is 3.75. The third kappa shape index (κ3) is 19.1. The lowest BCUT2D eigenvalue weighted by atomic mass is 10.1. The molecule has 0 saturated heterocycles. The zero-order chi connectivity index (χ0) is 29.8. The molecule has 0 aromatic heterocycles. The first-order chi connectivity index (χ1) is 20.8. The highest BCUT2D eigenvalue weighted by molar-refractivity contribution is 8.76. The molecule has 2 nitrogen and oxygen atoms in total. The molecule has 0 fully saturated rings. The Labute approximate surface area is 269 Å². The Balaban J connectivity index is 1.58. The number of nitrogens with one attached hydrogen (secondary N) is 2. The van der Waals surface area contributed by atoms with Gasteiger partial charge in [0.2, 0.25) is 0 Å². The minimum absolute atomic E-state index is 1.07. The maximum Gasteiger partial charge on any atom is 0.0487 e. The first kappa shape index (κ1) is 36.9. The summed E-state index contributed by atoms with van der Waals surface area (Å²) in [5.74, 6) is 0. The summed E-state index contributed by atoms with van der Waals surface area (Å²) in [4.78, 5) is 2.65. The van der Waals surface area contributed by atoms with E-state index < -0.39 is 0 Å². The van der Waals surface area contributed by atoms with E-state index in [0.717, 1.165) is 13.1 Å². The Bertz CT molecular complexity index is 800. The Hall–Kier alpha value is -1.26. The van der Waals surface area contributed by atoms with Crippen molar-refractivity contribution in [1.29, 1.82) is 0 Å². The van der Waals surface area contributed by atoms with E-state index in [4.69, 9.17) is 0 Å². The van der Waals surface area contributed by atoms with Crippen LogP contribution in [0.1, 0.15) is 155 Å². The van der Waals surface area contributed by atoms with Gasteiger partial charge in [-0.25, -0.2) is 0 Å². The van der Waals surface area contributed by atoms with Crippen LogP contribution in [-0.4, -0.2) is 13.1 Å². The summed E-state index contributed by atoms with van der Waals surface area (Å²) in [6.07, 6.45) is 30.6. The Morgan fingerprint density at radius 3 is 1.00 bits per heavy atom. The van der Waals surface area contributed by atoms with Crippen molar-refractivity contribution in [2.24, 2.45) is 0 Å². The number of unbranched alkanes of at least 4 members (excludes halogenated alkanes) is 20. The van der Waals surface area contributed by atoms with Crippen molar-refractivity contribution in [3.8, 4) is 0 Å². The molecule has 0 atom stereocenters. The zero-order valence-corrected chi connectivity index (χ0v) is 29.0. The lowest BCUT2D eigenvalue weighted by Crippen LogP contribution is -2.02. The van der Waals surface area contributed by atoms with Gasteiger partial charge in [0.25, 0.3) is 0 Å². The number of hydrogen-bond donors (Lipinski definition) is 2. The van der Waals surface area contributed by atoms with Gasteiger partial charge in [0.1, 0.15) is 0 Å². The van der Waals surface area contributed by atoms with E-state index in [1.807, 2.05) is 21.6 Å². The lowest BCUT2D eigenvalue weighted by Gasteiger charge is -2.14. The molecule has 2 N–H and O–H groups in total. The van der Waals surface area contributed by atoms with Crippen molar-refractivity contribution >= 4 is 33.0 Å². The highest BCUT2D eigenvalue weighted by Crippen LogP contribution is 2.43. The molecule has 0 aliphatic carbocycles. The van der Waals surface area contributed by atoms with Gasteiger partial charge in [-0.05, 0) is 37.1 Å². The first-order valence-corrected chi connectivity index (χ1v) is 20.0. The molecule has 0 heterocycles. The van der Waals surface area contributed by atoms with Crippen LogP contribution in [0.25, 0.3) is 0 Å². The molecule has 0 bridgehead atoms. The van der Waals surface area contributed by atoms with E-state index in [2.05, 4.69) is 73.0 Å². The molecule has 0 aliphatic rings. The van der Waals surface area contributed by atoms with Gasteiger partial charge in [-0.1, -0.05) is 188 Å². The number of hydrogen-bond acceptors (Lipinski definition) is 4. The number of rotatable bonds is 29. The Kier molecular flexibility index (Phi) is 24.0. The largest absolute Gasteiger partial charge is 0.384 e. The van der Waals surface area contributed by atoms with Crippen LogP contribution in [0.15, 0.2) is 58.3 Å². The van der Waals surface area contributed by atoms with E-state index >= 15 is 0 Å². The van der Waals surface area contributed by atoms with Gasteiger partial charge in [-0.2, -0.15) is 0 Å².